The first-order valence-electron chi connectivity index (χ1n) is 4.96. The summed E-state index contributed by atoms with van der Waals surface area (Å²) in [5, 5.41) is 8.52. The second-order valence-corrected chi connectivity index (χ2v) is 3.46. The van der Waals surface area contributed by atoms with Crippen molar-refractivity contribution in [3.8, 4) is 6.07 Å². The first-order valence-corrected chi connectivity index (χ1v) is 4.96. The predicted octanol–water partition coefficient (Wildman–Crippen LogP) is 3.09. The summed E-state index contributed by atoms with van der Waals surface area (Å²) in [6.07, 6.45) is 0.509. The standard InChI is InChI=1S/C12H11F2NO/c1-2-8(5-6-15)12(16)10-4-3-9(13)7-11(10)14/h3-4,7-8H,2,5H2,1H3. The largest absolute Gasteiger partial charge is 0.294 e. The van der Waals surface area contributed by atoms with Crippen LogP contribution >= 0.6 is 0 Å². The highest BCUT2D eigenvalue weighted by atomic mass is 19.1. The molecule has 0 saturated heterocycles. The van der Waals surface area contributed by atoms with E-state index in [1.807, 2.05) is 6.07 Å². The Morgan fingerprint density at radius 3 is 2.69 bits per heavy atom. The number of hydrogen-bond acceptors (Lipinski definition) is 2. The van der Waals surface area contributed by atoms with Crippen LogP contribution in [0.5, 0.6) is 0 Å². The zero-order chi connectivity index (χ0) is 12.1. The highest BCUT2D eigenvalue weighted by Crippen LogP contribution is 2.18. The lowest BCUT2D eigenvalue weighted by atomic mass is 9.92. The van der Waals surface area contributed by atoms with E-state index in [2.05, 4.69) is 0 Å². The van der Waals surface area contributed by atoms with Gasteiger partial charge in [0, 0.05) is 18.4 Å². The molecule has 0 radical (unpaired) electrons. The van der Waals surface area contributed by atoms with Crippen molar-refractivity contribution in [3.05, 3.63) is 35.4 Å². The Kier molecular flexibility index (Phi) is 4.12. The summed E-state index contributed by atoms with van der Waals surface area (Å²) in [6, 6.07) is 4.71. The summed E-state index contributed by atoms with van der Waals surface area (Å²) < 4.78 is 25.9. The van der Waals surface area contributed by atoms with E-state index in [0.717, 1.165) is 12.1 Å². The molecule has 0 heterocycles. The Hall–Kier alpha value is -1.76. The highest BCUT2D eigenvalue weighted by Gasteiger charge is 2.21. The van der Waals surface area contributed by atoms with Gasteiger partial charge in [0.05, 0.1) is 11.6 Å². The maximum Gasteiger partial charge on any atom is 0.169 e. The van der Waals surface area contributed by atoms with Gasteiger partial charge in [-0.3, -0.25) is 4.79 Å². The third-order valence-corrected chi connectivity index (χ3v) is 2.40. The van der Waals surface area contributed by atoms with Crippen LogP contribution in [0.25, 0.3) is 0 Å². The van der Waals surface area contributed by atoms with Crippen molar-refractivity contribution in [2.75, 3.05) is 0 Å². The molecule has 1 rings (SSSR count). The molecule has 0 aliphatic heterocycles. The molecular formula is C12H11F2NO. The van der Waals surface area contributed by atoms with Gasteiger partial charge in [-0.15, -0.1) is 0 Å². The molecule has 16 heavy (non-hydrogen) atoms. The minimum absolute atomic E-state index is 0.0478. The molecule has 1 atom stereocenters. The second-order valence-electron chi connectivity index (χ2n) is 3.46. The first-order chi connectivity index (χ1) is 7.60. The number of benzene rings is 1. The number of halogens is 2. The van der Waals surface area contributed by atoms with E-state index >= 15 is 0 Å². The monoisotopic (exact) mass is 223 g/mol. The van der Waals surface area contributed by atoms with Crippen LogP contribution in [0.4, 0.5) is 8.78 Å². The molecule has 0 N–H and O–H groups in total. The van der Waals surface area contributed by atoms with Gasteiger partial charge in [-0.05, 0) is 18.6 Å². The Balaban J connectivity index is 3.00. The quantitative estimate of drug-likeness (QED) is 0.736. The van der Waals surface area contributed by atoms with Crippen molar-refractivity contribution in [1.82, 2.24) is 0 Å². The van der Waals surface area contributed by atoms with E-state index in [1.165, 1.54) is 0 Å². The Labute approximate surface area is 92.5 Å². The van der Waals surface area contributed by atoms with E-state index < -0.39 is 23.3 Å². The molecule has 0 aliphatic carbocycles. The Morgan fingerprint density at radius 2 is 2.19 bits per heavy atom. The molecule has 84 valence electrons. The minimum Gasteiger partial charge on any atom is -0.294 e. The van der Waals surface area contributed by atoms with Gasteiger partial charge in [0.15, 0.2) is 5.78 Å². The van der Waals surface area contributed by atoms with Gasteiger partial charge < -0.3 is 0 Å². The first kappa shape index (κ1) is 12.3. The maximum absolute atomic E-state index is 13.3. The number of hydrogen-bond donors (Lipinski definition) is 0. The van der Waals surface area contributed by atoms with Gasteiger partial charge >= 0.3 is 0 Å². The van der Waals surface area contributed by atoms with E-state index in [0.29, 0.717) is 12.5 Å². The zero-order valence-electron chi connectivity index (χ0n) is 8.84. The van der Waals surface area contributed by atoms with E-state index in [-0.39, 0.29) is 12.0 Å². The van der Waals surface area contributed by atoms with Crippen LogP contribution in [0.3, 0.4) is 0 Å². The number of Topliss-reactive ketones (excluding diaryl/α,β-unsaturated/α-hetero) is 1. The lowest BCUT2D eigenvalue weighted by Gasteiger charge is -2.10. The minimum atomic E-state index is -0.874. The summed E-state index contributed by atoms with van der Waals surface area (Å²) in [5.74, 6) is -2.56. The Bertz CT molecular complexity index is 437. The molecule has 0 bridgehead atoms. The second kappa shape index (κ2) is 5.36. The number of carbonyl (C=O) groups is 1. The molecule has 1 aromatic carbocycles. The molecule has 1 unspecified atom stereocenters. The topological polar surface area (TPSA) is 40.9 Å². The number of rotatable bonds is 4. The summed E-state index contributed by atoms with van der Waals surface area (Å²) in [7, 11) is 0. The third kappa shape index (κ3) is 2.63. The summed E-state index contributed by atoms with van der Waals surface area (Å²) in [5.41, 5.74) is -0.150. The molecule has 0 amide bonds. The highest BCUT2D eigenvalue weighted by molar-refractivity contribution is 5.98. The van der Waals surface area contributed by atoms with Gasteiger partial charge in [0.1, 0.15) is 11.6 Å². The smallest absolute Gasteiger partial charge is 0.169 e. The van der Waals surface area contributed by atoms with Crippen LogP contribution in [0, 0.1) is 28.9 Å². The van der Waals surface area contributed by atoms with Gasteiger partial charge in [0.2, 0.25) is 0 Å². The molecule has 0 spiro atoms. The number of nitriles is 1. The van der Waals surface area contributed by atoms with Gasteiger partial charge in [0.25, 0.3) is 0 Å². The van der Waals surface area contributed by atoms with Gasteiger partial charge in [-0.1, -0.05) is 6.92 Å². The van der Waals surface area contributed by atoms with Gasteiger partial charge in [-0.25, -0.2) is 8.78 Å². The van der Waals surface area contributed by atoms with E-state index in [9.17, 15) is 13.6 Å². The van der Waals surface area contributed by atoms with E-state index in [1.54, 1.807) is 6.92 Å². The van der Waals surface area contributed by atoms with Crippen molar-refractivity contribution in [1.29, 1.82) is 5.26 Å². The number of ketones is 1. The molecule has 0 aromatic heterocycles. The van der Waals surface area contributed by atoms with Crippen LogP contribution in [0.2, 0.25) is 0 Å². The molecule has 0 aliphatic rings. The molecule has 1 aromatic rings. The van der Waals surface area contributed by atoms with Crippen molar-refractivity contribution in [2.45, 2.75) is 19.8 Å². The molecular weight excluding hydrogens is 212 g/mol. The molecule has 2 nitrogen and oxygen atoms in total. The number of nitrogens with zero attached hydrogens (tertiary/aromatic N) is 1. The fourth-order valence-corrected chi connectivity index (χ4v) is 1.44. The van der Waals surface area contributed by atoms with Crippen LogP contribution in [0.15, 0.2) is 18.2 Å². The fourth-order valence-electron chi connectivity index (χ4n) is 1.44. The van der Waals surface area contributed by atoms with Crippen molar-refractivity contribution < 1.29 is 13.6 Å². The van der Waals surface area contributed by atoms with Crippen LogP contribution < -0.4 is 0 Å². The summed E-state index contributed by atoms with van der Waals surface area (Å²) in [6.45, 7) is 1.75. The predicted molar refractivity (Wildman–Crippen MR) is 54.7 cm³/mol. The van der Waals surface area contributed by atoms with Crippen LogP contribution in [-0.2, 0) is 0 Å². The molecule has 0 saturated carbocycles. The van der Waals surface area contributed by atoms with Crippen LogP contribution in [-0.4, -0.2) is 5.78 Å². The Morgan fingerprint density at radius 1 is 1.50 bits per heavy atom. The normalized spacial score (nSPS) is 11.9. The van der Waals surface area contributed by atoms with E-state index in [4.69, 9.17) is 5.26 Å². The third-order valence-electron chi connectivity index (χ3n) is 2.40. The van der Waals surface area contributed by atoms with Crippen molar-refractivity contribution >= 4 is 5.78 Å². The van der Waals surface area contributed by atoms with Crippen molar-refractivity contribution in [3.63, 3.8) is 0 Å². The SMILES string of the molecule is CCC(CC#N)C(=O)c1ccc(F)cc1F. The molecule has 0 fully saturated rings. The van der Waals surface area contributed by atoms with Crippen LogP contribution in [0.1, 0.15) is 30.1 Å². The summed E-state index contributed by atoms with van der Waals surface area (Å²) >= 11 is 0. The lowest BCUT2D eigenvalue weighted by molar-refractivity contribution is 0.0914. The van der Waals surface area contributed by atoms with Crippen molar-refractivity contribution in [2.24, 2.45) is 5.92 Å². The number of carbonyl (C=O) groups excluding carboxylic acids is 1. The maximum atomic E-state index is 13.3. The lowest BCUT2D eigenvalue weighted by Crippen LogP contribution is -2.15. The zero-order valence-corrected chi connectivity index (χ0v) is 8.84. The molecule has 4 heteroatoms. The average molecular weight is 223 g/mol. The van der Waals surface area contributed by atoms with Gasteiger partial charge in [-0.2, -0.15) is 5.26 Å². The fraction of sp³-hybridized carbons (Fsp3) is 0.333. The summed E-state index contributed by atoms with van der Waals surface area (Å²) in [4.78, 5) is 11.8. The average Bonchev–Trinajstić information content (AvgIpc) is 2.25.